The van der Waals surface area contributed by atoms with Crippen LogP contribution in [0.5, 0.6) is 0 Å². The van der Waals surface area contributed by atoms with Gasteiger partial charge in [0, 0.05) is 31.0 Å². The third-order valence-electron chi connectivity index (χ3n) is 5.67. The first-order chi connectivity index (χ1) is 13.4. The van der Waals surface area contributed by atoms with Crippen molar-refractivity contribution in [3.8, 4) is 0 Å². The topological polar surface area (TPSA) is 38.1 Å². The zero-order valence-electron chi connectivity index (χ0n) is 17.1. The van der Waals surface area contributed by atoms with Gasteiger partial charge in [-0.25, -0.2) is 4.98 Å². The summed E-state index contributed by atoms with van der Waals surface area (Å²) in [4.78, 5) is 19.6. The van der Waals surface area contributed by atoms with Crippen molar-refractivity contribution in [3.63, 3.8) is 0 Å². The third kappa shape index (κ3) is 3.68. The summed E-state index contributed by atoms with van der Waals surface area (Å²) in [7, 11) is 0. The highest BCUT2D eigenvalue weighted by Crippen LogP contribution is 2.34. The zero-order chi connectivity index (χ0) is 19.7. The average molecular weight is 376 g/mol. The maximum Gasteiger partial charge on any atom is 0.223 e. The number of amides is 1. The molecular weight excluding hydrogens is 346 g/mol. The predicted octanol–water partition coefficient (Wildman–Crippen LogP) is 4.78. The molecule has 28 heavy (non-hydrogen) atoms. The number of likely N-dealkylation sites (tertiary alicyclic amines) is 1. The van der Waals surface area contributed by atoms with E-state index < -0.39 is 0 Å². The van der Waals surface area contributed by atoms with Gasteiger partial charge < -0.3 is 9.47 Å². The highest BCUT2D eigenvalue weighted by atomic mass is 16.2. The lowest BCUT2D eigenvalue weighted by Gasteiger charge is -2.32. The molecule has 0 aliphatic carbocycles. The van der Waals surface area contributed by atoms with Crippen LogP contribution in [-0.2, 0) is 17.8 Å². The summed E-state index contributed by atoms with van der Waals surface area (Å²) >= 11 is 0. The fraction of sp³-hybridized carbons (Fsp3) is 0.417. The molecule has 2 heterocycles. The van der Waals surface area contributed by atoms with E-state index >= 15 is 0 Å². The van der Waals surface area contributed by atoms with Crippen molar-refractivity contribution in [1.29, 1.82) is 0 Å². The first-order valence-corrected chi connectivity index (χ1v) is 10.2. The quantitative estimate of drug-likeness (QED) is 0.643. The molecule has 1 unspecified atom stereocenters. The zero-order valence-corrected chi connectivity index (χ0v) is 17.1. The Morgan fingerprint density at radius 1 is 1.04 bits per heavy atom. The summed E-state index contributed by atoms with van der Waals surface area (Å²) in [5, 5.41) is 0. The second kappa shape index (κ2) is 7.42. The molecule has 4 nitrogen and oxygen atoms in total. The normalized spacial score (nSPS) is 17.6. The van der Waals surface area contributed by atoms with Crippen molar-refractivity contribution >= 4 is 16.9 Å². The molecule has 0 N–H and O–H groups in total. The van der Waals surface area contributed by atoms with E-state index in [-0.39, 0.29) is 17.4 Å². The molecule has 146 valence electrons. The number of nitrogens with zero attached hydrogens (tertiary/aromatic N) is 3. The van der Waals surface area contributed by atoms with Crippen LogP contribution in [0, 0.1) is 0 Å². The number of aryl methyl sites for hydroxylation is 2. The molecule has 1 saturated heterocycles. The third-order valence-corrected chi connectivity index (χ3v) is 5.67. The van der Waals surface area contributed by atoms with Gasteiger partial charge in [0.15, 0.2) is 0 Å². The number of benzene rings is 2. The molecule has 1 aliphatic heterocycles. The van der Waals surface area contributed by atoms with Crippen LogP contribution < -0.4 is 0 Å². The number of hydrogen-bond donors (Lipinski definition) is 0. The monoisotopic (exact) mass is 375 g/mol. The molecular formula is C24H29N3O. The molecule has 0 spiro atoms. The summed E-state index contributed by atoms with van der Waals surface area (Å²) in [6.45, 7) is 8.00. The van der Waals surface area contributed by atoms with Crippen molar-refractivity contribution < 1.29 is 4.79 Å². The second-order valence-corrected chi connectivity index (χ2v) is 8.78. The summed E-state index contributed by atoms with van der Waals surface area (Å²) in [6.07, 6.45) is 2.66. The highest BCUT2D eigenvalue weighted by Gasteiger charge is 2.38. The fourth-order valence-corrected chi connectivity index (χ4v) is 4.26. The molecule has 1 aromatic heterocycles. The molecule has 1 aliphatic rings. The van der Waals surface area contributed by atoms with Gasteiger partial charge in [0.25, 0.3) is 0 Å². The number of imidazole rings is 1. The Bertz CT molecular complexity index is 968. The van der Waals surface area contributed by atoms with Crippen molar-refractivity contribution in [2.24, 2.45) is 0 Å². The number of carbonyl (C=O) groups is 1. The Labute approximate surface area is 167 Å². The molecule has 2 aromatic carbocycles. The standard InChI is InChI=1S/C24H29N3O/c1-24(2,3)27-17-19(16-22(27)28)23-25-20-13-7-8-14-21(20)26(23)15-9-12-18-10-5-4-6-11-18/h4-8,10-11,13-14,19H,9,12,15-17H2,1-3H3. The molecule has 1 amide bonds. The van der Waals surface area contributed by atoms with E-state index in [1.54, 1.807) is 0 Å². The van der Waals surface area contributed by atoms with Crippen LogP contribution in [0.3, 0.4) is 0 Å². The largest absolute Gasteiger partial charge is 0.337 e. The van der Waals surface area contributed by atoms with Crippen molar-refractivity contribution in [2.45, 2.75) is 58.0 Å². The van der Waals surface area contributed by atoms with Gasteiger partial charge in [-0.2, -0.15) is 0 Å². The van der Waals surface area contributed by atoms with Gasteiger partial charge in [0.05, 0.1) is 11.0 Å². The lowest BCUT2D eigenvalue weighted by molar-refractivity contribution is -0.131. The molecule has 0 saturated carbocycles. The maximum atomic E-state index is 12.6. The minimum atomic E-state index is -0.143. The van der Waals surface area contributed by atoms with Gasteiger partial charge >= 0.3 is 0 Å². The summed E-state index contributed by atoms with van der Waals surface area (Å²) < 4.78 is 2.35. The van der Waals surface area contributed by atoms with Crippen LogP contribution in [0.2, 0.25) is 0 Å². The van der Waals surface area contributed by atoms with E-state index in [0.29, 0.717) is 6.42 Å². The van der Waals surface area contributed by atoms with Crippen LogP contribution in [0.4, 0.5) is 0 Å². The van der Waals surface area contributed by atoms with Crippen molar-refractivity contribution in [2.75, 3.05) is 6.54 Å². The number of aromatic nitrogens is 2. The highest BCUT2D eigenvalue weighted by molar-refractivity contribution is 5.81. The number of carbonyl (C=O) groups excluding carboxylic acids is 1. The van der Waals surface area contributed by atoms with Gasteiger partial charge in [-0.05, 0) is 51.3 Å². The molecule has 1 fully saturated rings. The summed E-state index contributed by atoms with van der Waals surface area (Å²) in [6, 6.07) is 18.9. The lowest BCUT2D eigenvalue weighted by Crippen LogP contribution is -2.42. The van der Waals surface area contributed by atoms with Crippen LogP contribution in [0.15, 0.2) is 54.6 Å². The Balaban J connectivity index is 1.60. The van der Waals surface area contributed by atoms with Crippen molar-refractivity contribution in [3.05, 3.63) is 66.0 Å². The van der Waals surface area contributed by atoms with Crippen molar-refractivity contribution in [1.82, 2.24) is 14.5 Å². The molecule has 3 aromatic rings. The maximum absolute atomic E-state index is 12.6. The van der Waals surface area contributed by atoms with Gasteiger partial charge in [-0.15, -0.1) is 0 Å². The number of fused-ring (bicyclic) bond motifs is 1. The van der Waals surface area contributed by atoms with Gasteiger partial charge in [-0.1, -0.05) is 42.5 Å². The van der Waals surface area contributed by atoms with E-state index in [4.69, 9.17) is 4.98 Å². The van der Waals surface area contributed by atoms with Gasteiger partial charge in [0.2, 0.25) is 5.91 Å². The summed E-state index contributed by atoms with van der Waals surface area (Å²) in [5.41, 5.74) is 3.42. The number of rotatable bonds is 5. The lowest BCUT2D eigenvalue weighted by atomic mass is 10.1. The van der Waals surface area contributed by atoms with E-state index in [9.17, 15) is 4.79 Å². The SMILES string of the molecule is CC(C)(C)N1CC(c2nc3ccccc3n2CCCc2ccccc2)CC1=O. The number of para-hydroxylation sites is 2. The first kappa shape index (κ1) is 18.7. The minimum absolute atomic E-state index is 0.143. The molecule has 0 bridgehead atoms. The minimum Gasteiger partial charge on any atom is -0.337 e. The Morgan fingerprint density at radius 2 is 1.75 bits per heavy atom. The summed E-state index contributed by atoms with van der Waals surface area (Å²) in [5.74, 6) is 1.46. The Morgan fingerprint density at radius 3 is 2.46 bits per heavy atom. The van der Waals surface area contributed by atoms with E-state index in [1.165, 1.54) is 11.1 Å². The average Bonchev–Trinajstić information content (AvgIpc) is 3.23. The van der Waals surface area contributed by atoms with Crippen LogP contribution >= 0.6 is 0 Å². The molecule has 4 heteroatoms. The second-order valence-electron chi connectivity index (χ2n) is 8.78. The number of hydrogen-bond acceptors (Lipinski definition) is 2. The van der Waals surface area contributed by atoms with Gasteiger partial charge in [-0.3, -0.25) is 4.79 Å². The van der Waals surface area contributed by atoms with E-state index in [2.05, 4.69) is 73.9 Å². The van der Waals surface area contributed by atoms with Gasteiger partial charge in [0.1, 0.15) is 5.82 Å². The van der Waals surface area contributed by atoms with Crippen LogP contribution in [0.1, 0.15) is 50.9 Å². The molecule has 1 atom stereocenters. The Kier molecular flexibility index (Phi) is 4.96. The Hall–Kier alpha value is -2.62. The van der Waals surface area contributed by atoms with Crippen LogP contribution in [0.25, 0.3) is 11.0 Å². The smallest absolute Gasteiger partial charge is 0.223 e. The fourth-order valence-electron chi connectivity index (χ4n) is 4.26. The molecule has 4 rings (SSSR count). The van der Waals surface area contributed by atoms with E-state index in [1.807, 2.05) is 11.0 Å². The van der Waals surface area contributed by atoms with E-state index in [0.717, 1.165) is 37.3 Å². The molecule has 0 radical (unpaired) electrons. The predicted molar refractivity (Wildman–Crippen MR) is 113 cm³/mol. The first-order valence-electron chi connectivity index (χ1n) is 10.2. The van der Waals surface area contributed by atoms with Crippen LogP contribution in [-0.4, -0.2) is 32.4 Å².